The summed E-state index contributed by atoms with van der Waals surface area (Å²) in [5, 5.41) is 11.4. The molecule has 5 nitrogen and oxygen atoms in total. The van der Waals surface area contributed by atoms with E-state index in [9.17, 15) is 10.1 Å². The lowest BCUT2D eigenvalue weighted by atomic mass is 10.3. The highest BCUT2D eigenvalue weighted by atomic mass is 79.9. The smallest absolute Gasteiger partial charge is 0.312 e. The Morgan fingerprint density at radius 1 is 1.32 bits per heavy atom. The van der Waals surface area contributed by atoms with E-state index in [1.165, 1.54) is 18.3 Å². The molecular formula is C11H5Br2ClN2O3. The largest absolute Gasteiger partial charge is 0.431 e. The Bertz CT molecular complexity index is 652. The van der Waals surface area contributed by atoms with Gasteiger partial charge in [-0.3, -0.25) is 10.1 Å². The molecule has 1 aromatic heterocycles. The van der Waals surface area contributed by atoms with Crippen LogP contribution in [0.4, 0.5) is 5.69 Å². The molecule has 0 saturated carbocycles. The molecule has 0 saturated heterocycles. The maximum atomic E-state index is 11.0. The fourth-order valence-electron chi connectivity index (χ4n) is 1.30. The van der Waals surface area contributed by atoms with Crippen LogP contribution in [0, 0.1) is 10.1 Å². The van der Waals surface area contributed by atoms with Crippen LogP contribution in [0.25, 0.3) is 0 Å². The average Bonchev–Trinajstić information content (AvgIpc) is 2.34. The normalized spacial score (nSPS) is 10.3. The number of pyridine rings is 1. The second-order valence-electron chi connectivity index (χ2n) is 3.41. The highest BCUT2D eigenvalue weighted by Gasteiger charge is 2.17. The molecule has 0 bridgehead atoms. The van der Waals surface area contributed by atoms with Crippen molar-refractivity contribution in [3.63, 3.8) is 0 Å². The van der Waals surface area contributed by atoms with Crippen LogP contribution in [0.2, 0.25) is 5.02 Å². The SMILES string of the molecule is O=[N+]([O-])c1cc(Br)ccc1Oc1ncc(Cl)cc1Br. The highest BCUT2D eigenvalue weighted by Crippen LogP contribution is 2.36. The molecule has 0 aliphatic rings. The molecule has 1 aromatic carbocycles. The van der Waals surface area contributed by atoms with Crippen LogP contribution in [0.3, 0.4) is 0 Å². The zero-order valence-corrected chi connectivity index (χ0v) is 13.1. The Morgan fingerprint density at radius 3 is 2.68 bits per heavy atom. The summed E-state index contributed by atoms with van der Waals surface area (Å²) >= 11 is 12.2. The summed E-state index contributed by atoms with van der Waals surface area (Å²) in [4.78, 5) is 14.4. The molecule has 0 fully saturated rings. The molecule has 0 spiro atoms. The number of rotatable bonds is 3. The molecule has 0 N–H and O–H groups in total. The van der Waals surface area contributed by atoms with Crippen molar-refractivity contribution in [1.82, 2.24) is 4.98 Å². The quantitative estimate of drug-likeness (QED) is 0.532. The van der Waals surface area contributed by atoms with E-state index in [1.807, 2.05) is 0 Å². The van der Waals surface area contributed by atoms with Crippen LogP contribution < -0.4 is 4.74 Å². The van der Waals surface area contributed by atoms with E-state index >= 15 is 0 Å². The molecule has 1 heterocycles. The van der Waals surface area contributed by atoms with Gasteiger partial charge in [0.25, 0.3) is 0 Å². The van der Waals surface area contributed by atoms with Crippen molar-refractivity contribution in [1.29, 1.82) is 0 Å². The zero-order valence-electron chi connectivity index (χ0n) is 9.14. The minimum atomic E-state index is -0.524. The molecule has 0 radical (unpaired) electrons. The first kappa shape index (κ1) is 14.2. The van der Waals surface area contributed by atoms with Gasteiger partial charge in [0.15, 0.2) is 0 Å². The van der Waals surface area contributed by atoms with E-state index in [4.69, 9.17) is 16.3 Å². The zero-order chi connectivity index (χ0) is 14.0. The molecule has 2 rings (SSSR count). The van der Waals surface area contributed by atoms with Crippen LogP contribution in [-0.2, 0) is 0 Å². The van der Waals surface area contributed by atoms with Gasteiger partial charge >= 0.3 is 5.69 Å². The first-order valence-corrected chi connectivity index (χ1v) is 6.86. The first-order chi connectivity index (χ1) is 8.97. The predicted octanol–water partition coefficient (Wildman–Crippen LogP) is 4.96. The summed E-state index contributed by atoms with van der Waals surface area (Å²) < 4.78 is 6.54. The minimum absolute atomic E-state index is 0.101. The Hall–Kier alpha value is -1.18. The van der Waals surface area contributed by atoms with Crippen LogP contribution in [0.5, 0.6) is 11.6 Å². The molecule has 98 valence electrons. The van der Waals surface area contributed by atoms with Crippen molar-refractivity contribution >= 4 is 49.1 Å². The van der Waals surface area contributed by atoms with Gasteiger partial charge < -0.3 is 4.74 Å². The number of hydrogen-bond donors (Lipinski definition) is 0. The van der Waals surface area contributed by atoms with Crippen molar-refractivity contribution in [2.24, 2.45) is 0 Å². The van der Waals surface area contributed by atoms with Gasteiger partial charge in [0, 0.05) is 16.7 Å². The molecule has 19 heavy (non-hydrogen) atoms. The second-order valence-corrected chi connectivity index (χ2v) is 5.62. The molecule has 0 amide bonds. The van der Waals surface area contributed by atoms with E-state index < -0.39 is 4.92 Å². The number of benzene rings is 1. The third-order valence-electron chi connectivity index (χ3n) is 2.10. The summed E-state index contributed by atoms with van der Waals surface area (Å²) in [6, 6.07) is 6.09. The molecule has 0 unspecified atom stereocenters. The number of nitrogens with zero attached hydrogens (tertiary/aromatic N) is 2. The van der Waals surface area contributed by atoms with Crippen molar-refractivity contribution in [2.75, 3.05) is 0 Å². The molecule has 0 aliphatic heterocycles. The van der Waals surface area contributed by atoms with Crippen molar-refractivity contribution < 1.29 is 9.66 Å². The van der Waals surface area contributed by atoms with E-state index in [1.54, 1.807) is 12.1 Å². The van der Waals surface area contributed by atoms with Crippen molar-refractivity contribution in [2.45, 2.75) is 0 Å². The first-order valence-electron chi connectivity index (χ1n) is 4.90. The topological polar surface area (TPSA) is 65.3 Å². The fourth-order valence-corrected chi connectivity index (χ4v) is 2.37. The van der Waals surface area contributed by atoms with Gasteiger partial charge in [0.1, 0.15) is 0 Å². The number of nitro benzene ring substituents is 1. The van der Waals surface area contributed by atoms with Gasteiger partial charge in [-0.25, -0.2) is 4.98 Å². The van der Waals surface area contributed by atoms with Gasteiger partial charge in [-0.1, -0.05) is 27.5 Å². The van der Waals surface area contributed by atoms with Gasteiger partial charge in [0.2, 0.25) is 11.6 Å². The van der Waals surface area contributed by atoms with Gasteiger partial charge in [-0.05, 0) is 34.1 Å². The average molecular weight is 408 g/mol. The lowest BCUT2D eigenvalue weighted by molar-refractivity contribution is -0.385. The second kappa shape index (κ2) is 5.85. The van der Waals surface area contributed by atoms with Crippen LogP contribution in [0.15, 0.2) is 39.4 Å². The Labute approximate surface area is 130 Å². The monoisotopic (exact) mass is 406 g/mol. The van der Waals surface area contributed by atoms with Crippen LogP contribution in [0.1, 0.15) is 0 Å². The van der Waals surface area contributed by atoms with Crippen LogP contribution in [-0.4, -0.2) is 9.91 Å². The molecular weight excluding hydrogens is 403 g/mol. The summed E-state index contributed by atoms with van der Waals surface area (Å²) in [7, 11) is 0. The summed E-state index contributed by atoms with van der Waals surface area (Å²) in [6.45, 7) is 0. The number of halogens is 3. The van der Waals surface area contributed by atoms with Crippen molar-refractivity contribution in [3.8, 4) is 11.6 Å². The van der Waals surface area contributed by atoms with E-state index in [0.717, 1.165) is 0 Å². The van der Waals surface area contributed by atoms with Crippen molar-refractivity contribution in [3.05, 3.63) is 54.5 Å². The van der Waals surface area contributed by atoms with Gasteiger partial charge in [-0.2, -0.15) is 0 Å². The Kier molecular flexibility index (Phi) is 4.38. The number of hydrogen-bond acceptors (Lipinski definition) is 4. The fraction of sp³-hybridized carbons (Fsp3) is 0. The van der Waals surface area contributed by atoms with Crippen LogP contribution >= 0.6 is 43.5 Å². The van der Waals surface area contributed by atoms with E-state index in [2.05, 4.69) is 36.8 Å². The predicted molar refractivity (Wildman–Crippen MR) is 77.8 cm³/mol. The van der Waals surface area contributed by atoms with E-state index in [0.29, 0.717) is 14.0 Å². The highest BCUT2D eigenvalue weighted by molar-refractivity contribution is 9.10. The molecule has 0 aliphatic carbocycles. The lowest BCUT2D eigenvalue weighted by Crippen LogP contribution is -1.95. The summed E-state index contributed by atoms with van der Waals surface area (Å²) in [5.74, 6) is 0.304. The number of ether oxygens (including phenoxy) is 1. The van der Waals surface area contributed by atoms with Gasteiger partial charge in [-0.15, -0.1) is 0 Å². The third kappa shape index (κ3) is 3.43. The van der Waals surface area contributed by atoms with Gasteiger partial charge in [0.05, 0.1) is 14.4 Å². The minimum Gasteiger partial charge on any atom is -0.431 e. The maximum absolute atomic E-state index is 11.0. The summed E-state index contributed by atoms with van der Waals surface area (Å²) in [5.41, 5.74) is -0.155. The summed E-state index contributed by atoms with van der Waals surface area (Å²) in [6.07, 6.45) is 1.40. The Morgan fingerprint density at radius 2 is 2.05 bits per heavy atom. The number of nitro groups is 1. The molecule has 2 aromatic rings. The Balaban J connectivity index is 2.40. The molecule has 8 heteroatoms. The third-order valence-corrected chi connectivity index (χ3v) is 3.37. The standard InChI is InChI=1S/C11H5Br2ClN2O3/c12-6-1-2-10(9(3-6)16(17)18)19-11-8(13)4-7(14)5-15-11/h1-5H. The van der Waals surface area contributed by atoms with E-state index in [-0.39, 0.29) is 17.3 Å². The lowest BCUT2D eigenvalue weighted by Gasteiger charge is -2.07. The maximum Gasteiger partial charge on any atom is 0.312 e. The number of aromatic nitrogens is 1. The molecule has 0 atom stereocenters.